The summed E-state index contributed by atoms with van der Waals surface area (Å²) in [5.41, 5.74) is 2.84. The van der Waals surface area contributed by atoms with Gasteiger partial charge in [-0.3, -0.25) is 9.88 Å². The molecule has 2 heterocycles. The highest BCUT2D eigenvalue weighted by Gasteiger charge is 2.32. The Labute approximate surface area is 126 Å². The van der Waals surface area contributed by atoms with E-state index in [1.807, 2.05) is 32.9 Å². The summed E-state index contributed by atoms with van der Waals surface area (Å²) in [4.78, 5) is 21.4. The smallest absolute Gasteiger partial charge is 0.328 e. The minimum absolute atomic E-state index is 0.171. The number of piperazine rings is 1. The summed E-state index contributed by atoms with van der Waals surface area (Å²) in [7, 11) is 2.11. The van der Waals surface area contributed by atoms with Crippen molar-refractivity contribution < 1.29 is 9.53 Å². The van der Waals surface area contributed by atoms with Crippen molar-refractivity contribution in [3.8, 4) is 0 Å². The second kappa shape index (κ2) is 7.00. The lowest BCUT2D eigenvalue weighted by Gasteiger charge is -2.37. The van der Waals surface area contributed by atoms with Gasteiger partial charge in [0.2, 0.25) is 0 Å². The lowest BCUT2D eigenvalue weighted by atomic mass is 10.0. The lowest BCUT2D eigenvalue weighted by Crippen LogP contribution is -2.48. The number of hydrogen-bond donors (Lipinski definition) is 0. The first-order valence-corrected chi connectivity index (χ1v) is 7.56. The monoisotopic (exact) mass is 291 g/mol. The summed E-state index contributed by atoms with van der Waals surface area (Å²) in [6, 6.07) is 3.63. The molecule has 1 aliphatic rings. The predicted molar refractivity (Wildman–Crippen MR) is 82.2 cm³/mol. The van der Waals surface area contributed by atoms with Crippen molar-refractivity contribution in [2.45, 2.75) is 26.8 Å². The van der Waals surface area contributed by atoms with Crippen molar-refractivity contribution in [3.05, 3.63) is 29.1 Å². The molecule has 0 amide bonds. The summed E-state index contributed by atoms with van der Waals surface area (Å²) < 4.78 is 5.30. The van der Waals surface area contributed by atoms with Crippen LogP contribution in [0.1, 0.15) is 29.9 Å². The Kier molecular flexibility index (Phi) is 5.31. The zero-order chi connectivity index (χ0) is 15.4. The highest BCUT2D eigenvalue weighted by molar-refractivity contribution is 5.78. The summed E-state index contributed by atoms with van der Waals surface area (Å²) in [5.74, 6) is -0.171. The molecular weight excluding hydrogens is 266 g/mol. The second-order valence-electron chi connectivity index (χ2n) is 5.62. The van der Waals surface area contributed by atoms with Crippen molar-refractivity contribution in [2.75, 3.05) is 39.8 Å². The van der Waals surface area contributed by atoms with E-state index in [1.54, 1.807) is 0 Å². The van der Waals surface area contributed by atoms with Crippen molar-refractivity contribution in [1.82, 2.24) is 14.8 Å². The van der Waals surface area contributed by atoms with E-state index in [1.165, 1.54) is 0 Å². The maximum atomic E-state index is 12.5. The Morgan fingerprint density at radius 2 is 1.95 bits per heavy atom. The van der Waals surface area contributed by atoms with Gasteiger partial charge >= 0.3 is 5.97 Å². The first-order valence-electron chi connectivity index (χ1n) is 7.56. The molecular formula is C16H25N3O2. The van der Waals surface area contributed by atoms with Gasteiger partial charge in [-0.1, -0.05) is 6.07 Å². The molecule has 0 saturated carbocycles. The maximum Gasteiger partial charge on any atom is 0.328 e. The predicted octanol–water partition coefficient (Wildman–Crippen LogP) is 1.55. The minimum Gasteiger partial charge on any atom is -0.465 e. The van der Waals surface area contributed by atoms with E-state index in [2.05, 4.69) is 21.8 Å². The van der Waals surface area contributed by atoms with Gasteiger partial charge in [0.05, 0.1) is 6.61 Å². The largest absolute Gasteiger partial charge is 0.465 e. The van der Waals surface area contributed by atoms with E-state index in [4.69, 9.17) is 4.74 Å². The molecule has 116 valence electrons. The number of rotatable bonds is 4. The molecule has 1 aromatic rings. The number of nitrogens with zero attached hydrogens (tertiary/aromatic N) is 3. The molecule has 5 heteroatoms. The van der Waals surface area contributed by atoms with Crippen LogP contribution in [0.15, 0.2) is 12.1 Å². The molecule has 1 aromatic heterocycles. The van der Waals surface area contributed by atoms with E-state index in [0.717, 1.165) is 43.1 Å². The van der Waals surface area contributed by atoms with Crippen LogP contribution in [0.2, 0.25) is 0 Å². The number of carbonyl (C=O) groups excluding carboxylic acids is 1. The number of hydrogen-bond acceptors (Lipinski definition) is 5. The highest BCUT2D eigenvalue weighted by atomic mass is 16.5. The number of aromatic nitrogens is 1. The zero-order valence-electron chi connectivity index (χ0n) is 13.4. The summed E-state index contributed by atoms with van der Waals surface area (Å²) >= 11 is 0. The van der Waals surface area contributed by atoms with Crippen LogP contribution < -0.4 is 0 Å². The number of likely N-dealkylation sites (N-methyl/N-ethyl adjacent to an activating group) is 1. The number of pyridine rings is 1. The minimum atomic E-state index is -0.341. The molecule has 1 atom stereocenters. The molecule has 1 aliphatic heterocycles. The fraction of sp³-hybridized carbons (Fsp3) is 0.625. The topological polar surface area (TPSA) is 45.7 Å². The molecule has 0 aliphatic carbocycles. The van der Waals surface area contributed by atoms with Crippen molar-refractivity contribution in [3.63, 3.8) is 0 Å². The molecule has 2 rings (SSSR count). The van der Waals surface area contributed by atoms with Gasteiger partial charge in [-0.05, 0) is 33.9 Å². The molecule has 1 saturated heterocycles. The van der Waals surface area contributed by atoms with Gasteiger partial charge in [-0.2, -0.15) is 0 Å². The molecule has 0 spiro atoms. The molecule has 5 nitrogen and oxygen atoms in total. The molecule has 0 N–H and O–H groups in total. The summed E-state index contributed by atoms with van der Waals surface area (Å²) in [6.45, 7) is 9.85. The third-order valence-corrected chi connectivity index (χ3v) is 3.97. The van der Waals surface area contributed by atoms with Gasteiger partial charge in [0.15, 0.2) is 0 Å². The van der Waals surface area contributed by atoms with Crippen molar-refractivity contribution in [1.29, 1.82) is 0 Å². The second-order valence-corrected chi connectivity index (χ2v) is 5.62. The Morgan fingerprint density at radius 1 is 1.29 bits per heavy atom. The van der Waals surface area contributed by atoms with Gasteiger partial charge in [0.1, 0.15) is 6.04 Å². The van der Waals surface area contributed by atoms with E-state index >= 15 is 0 Å². The van der Waals surface area contributed by atoms with Crippen LogP contribution in [0.5, 0.6) is 0 Å². The van der Waals surface area contributed by atoms with Crippen LogP contribution in [0.25, 0.3) is 0 Å². The number of aryl methyl sites for hydroxylation is 2. The van der Waals surface area contributed by atoms with E-state index in [-0.39, 0.29) is 12.0 Å². The number of ether oxygens (including phenoxy) is 1. The first kappa shape index (κ1) is 15.9. The third kappa shape index (κ3) is 3.80. The number of esters is 1. The molecule has 1 fully saturated rings. The van der Waals surface area contributed by atoms with Gasteiger partial charge in [0.25, 0.3) is 0 Å². The van der Waals surface area contributed by atoms with Crippen molar-refractivity contribution >= 4 is 5.97 Å². The molecule has 1 unspecified atom stereocenters. The highest BCUT2D eigenvalue weighted by Crippen LogP contribution is 2.26. The van der Waals surface area contributed by atoms with Gasteiger partial charge in [-0.25, -0.2) is 4.79 Å². The Hall–Kier alpha value is -1.46. The Balaban J connectivity index is 2.29. The fourth-order valence-corrected chi connectivity index (χ4v) is 2.76. The summed E-state index contributed by atoms with van der Waals surface area (Å²) in [5, 5.41) is 0. The lowest BCUT2D eigenvalue weighted by molar-refractivity contribution is -0.150. The Morgan fingerprint density at radius 3 is 2.52 bits per heavy atom. The van der Waals surface area contributed by atoms with Crippen LogP contribution in [0.3, 0.4) is 0 Å². The van der Waals surface area contributed by atoms with Crippen LogP contribution in [0, 0.1) is 13.8 Å². The quantitative estimate of drug-likeness (QED) is 0.788. The van der Waals surface area contributed by atoms with Crippen LogP contribution in [-0.4, -0.2) is 60.6 Å². The maximum absolute atomic E-state index is 12.5. The van der Waals surface area contributed by atoms with E-state index < -0.39 is 0 Å². The third-order valence-electron chi connectivity index (χ3n) is 3.97. The van der Waals surface area contributed by atoms with E-state index in [0.29, 0.717) is 6.61 Å². The first-order chi connectivity index (χ1) is 10.0. The van der Waals surface area contributed by atoms with Gasteiger partial charge in [-0.15, -0.1) is 0 Å². The van der Waals surface area contributed by atoms with Gasteiger partial charge < -0.3 is 9.64 Å². The van der Waals surface area contributed by atoms with Crippen LogP contribution in [-0.2, 0) is 9.53 Å². The standard InChI is InChI=1S/C16H25N3O2/c1-5-21-16(20)15(19-10-8-18(4)9-11-19)14-7-6-12(2)17-13(14)3/h6-7,15H,5,8-11H2,1-4H3. The molecule has 0 aromatic carbocycles. The molecule has 0 bridgehead atoms. The SMILES string of the molecule is CCOC(=O)C(c1ccc(C)nc1C)N1CCN(C)CC1. The molecule has 21 heavy (non-hydrogen) atoms. The average Bonchev–Trinajstić information content (AvgIpc) is 2.44. The average molecular weight is 291 g/mol. The summed E-state index contributed by atoms with van der Waals surface area (Å²) in [6.07, 6.45) is 0. The van der Waals surface area contributed by atoms with Crippen molar-refractivity contribution in [2.24, 2.45) is 0 Å². The Bertz CT molecular complexity index is 496. The normalized spacial score (nSPS) is 18.5. The van der Waals surface area contributed by atoms with Crippen LogP contribution in [0.4, 0.5) is 0 Å². The van der Waals surface area contributed by atoms with Gasteiger partial charge in [0, 0.05) is 43.1 Å². The van der Waals surface area contributed by atoms with Crippen LogP contribution >= 0.6 is 0 Å². The molecule has 0 radical (unpaired) electrons. The van der Waals surface area contributed by atoms with E-state index in [9.17, 15) is 4.79 Å². The zero-order valence-corrected chi connectivity index (χ0v) is 13.4. The number of carbonyl (C=O) groups is 1. The fourth-order valence-electron chi connectivity index (χ4n) is 2.76.